The molecule has 0 aliphatic carbocycles. The van der Waals surface area contributed by atoms with Gasteiger partial charge in [0.15, 0.2) is 0 Å². The molecule has 1 aromatic rings. The summed E-state index contributed by atoms with van der Waals surface area (Å²) in [6, 6.07) is 8.13. The zero-order valence-corrected chi connectivity index (χ0v) is 8.67. The number of halogens is 1. The summed E-state index contributed by atoms with van der Waals surface area (Å²) in [5.74, 6) is 0.766. The molecule has 1 aliphatic rings. The maximum atomic E-state index is 5.25. The number of allylic oxidation sites excluding steroid dienone is 1. The second-order valence-corrected chi connectivity index (χ2v) is 3.77. The quantitative estimate of drug-likeness (QED) is 0.727. The van der Waals surface area contributed by atoms with E-state index in [4.69, 9.17) is 4.74 Å². The van der Waals surface area contributed by atoms with E-state index in [1.807, 2.05) is 18.2 Å². The van der Waals surface area contributed by atoms with Crippen LogP contribution in [0.3, 0.4) is 0 Å². The Morgan fingerprint density at radius 2 is 1.92 bits per heavy atom. The Hall–Kier alpha value is -1.02. The smallest absolute Gasteiger partial charge is 0.120 e. The Kier molecular flexibility index (Phi) is 2.23. The Bertz CT molecular complexity index is 362. The number of rotatable bonds is 1. The molecule has 0 amide bonds. The molecule has 0 aromatic heterocycles. The third-order valence-electron chi connectivity index (χ3n) is 2.00. The van der Waals surface area contributed by atoms with E-state index in [9.17, 15) is 0 Å². The van der Waals surface area contributed by atoms with Crippen molar-refractivity contribution in [1.29, 1.82) is 0 Å². The van der Waals surface area contributed by atoms with Crippen LogP contribution in [0.2, 0.25) is 0 Å². The van der Waals surface area contributed by atoms with Crippen molar-refractivity contribution >= 4 is 21.5 Å². The monoisotopic (exact) mass is 236 g/mol. The molecule has 1 aliphatic heterocycles. The van der Waals surface area contributed by atoms with Gasteiger partial charge in [0.1, 0.15) is 12.4 Å². The molecule has 0 unspecified atom stereocenters. The highest BCUT2D eigenvalue weighted by atomic mass is 79.9. The fourth-order valence-corrected chi connectivity index (χ4v) is 1.59. The maximum absolute atomic E-state index is 5.25. The average Bonchev–Trinajstić information content (AvgIpc) is 2.53. The normalized spacial score (nSPS) is 15.5. The molecule has 0 bridgehead atoms. The highest BCUT2D eigenvalue weighted by Gasteiger charge is 2.11. The van der Waals surface area contributed by atoms with Crippen LogP contribution in [0.1, 0.15) is 5.56 Å². The lowest BCUT2D eigenvalue weighted by atomic mass is 10.1. The lowest BCUT2D eigenvalue weighted by Crippen LogP contribution is -1.84. The van der Waals surface area contributed by atoms with Crippen molar-refractivity contribution in [3.05, 3.63) is 52.7 Å². The van der Waals surface area contributed by atoms with Gasteiger partial charge in [0.05, 0.1) is 0 Å². The van der Waals surface area contributed by atoms with E-state index in [0.717, 1.165) is 21.4 Å². The summed E-state index contributed by atoms with van der Waals surface area (Å²) in [5.41, 5.74) is 2.26. The van der Waals surface area contributed by atoms with E-state index >= 15 is 0 Å². The van der Waals surface area contributed by atoms with Gasteiger partial charge < -0.3 is 4.74 Å². The van der Waals surface area contributed by atoms with Crippen molar-refractivity contribution in [2.24, 2.45) is 0 Å². The van der Waals surface area contributed by atoms with Gasteiger partial charge in [0.25, 0.3) is 0 Å². The molecule has 1 nitrogen and oxygen atoms in total. The first-order chi connectivity index (χ1) is 6.27. The minimum absolute atomic E-state index is 0.643. The number of ether oxygens (including phenoxy) is 1. The third-order valence-corrected chi connectivity index (χ3v) is 2.53. The van der Waals surface area contributed by atoms with Crippen molar-refractivity contribution < 1.29 is 4.74 Å². The van der Waals surface area contributed by atoms with E-state index in [1.54, 1.807) is 0 Å². The van der Waals surface area contributed by atoms with Crippen molar-refractivity contribution in [3.63, 3.8) is 0 Å². The van der Waals surface area contributed by atoms with Crippen LogP contribution in [0.25, 0.3) is 5.57 Å². The van der Waals surface area contributed by atoms with Crippen molar-refractivity contribution in [3.8, 4) is 0 Å². The molecule has 0 atom stereocenters. The summed E-state index contributed by atoms with van der Waals surface area (Å²) in [6.07, 6.45) is 2.05. The average molecular weight is 237 g/mol. The molecule has 0 spiro atoms. The van der Waals surface area contributed by atoms with E-state index in [1.165, 1.54) is 0 Å². The third kappa shape index (κ3) is 1.68. The van der Waals surface area contributed by atoms with E-state index in [2.05, 4.69) is 34.6 Å². The standard InChI is InChI=1S/C11H9BrO/c1-8-11(6-7-13-8)9-2-4-10(12)5-3-9/h2-6H,1,7H2. The summed E-state index contributed by atoms with van der Waals surface area (Å²) in [5, 5.41) is 0. The molecule has 13 heavy (non-hydrogen) atoms. The second-order valence-electron chi connectivity index (χ2n) is 2.86. The predicted octanol–water partition coefficient (Wildman–Crippen LogP) is 3.38. The van der Waals surface area contributed by atoms with Crippen LogP contribution in [0.5, 0.6) is 0 Å². The second kappa shape index (κ2) is 3.38. The summed E-state index contributed by atoms with van der Waals surface area (Å²) < 4.78 is 6.34. The first kappa shape index (κ1) is 8.57. The lowest BCUT2D eigenvalue weighted by molar-refractivity contribution is 0.282. The highest BCUT2D eigenvalue weighted by Crippen LogP contribution is 2.27. The summed E-state index contributed by atoms with van der Waals surface area (Å²) in [4.78, 5) is 0. The minimum atomic E-state index is 0.643. The highest BCUT2D eigenvalue weighted by molar-refractivity contribution is 9.10. The molecule has 2 heteroatoms. The fraction of sp³-hybridized carbons (Fsp3) is 0.0909. The van der Waals surface area contributed by atoms with Crippen LogP contribution < -0.4 is 0 Å². The van der Waals surface area contributed by atoms with Gasteiger partial charge in [-0.15, -0.1) is 0 Å². The van der Waals surface area contributed by atoms with Crippen LogP contribution in [0, 0.1) is 0 Å². The molecule has 0 saturated carbocycles. The molecule has 1 heterocycles. The summed E-state index contributed by atoms with van der Waals surface area (Å²) in [6.45, 7) is 4.48. The van der Waals surface area contributed by atoms with Crippen LogP contribution in [-0.4, -0.2) is 6.61 Å². The van der Waals surface area contributed by atoms with E-state index < -0.39 is 0 Å². The van der Waals surface area contributed by atoms with Gasteiger partial charge in [-0.2, -0.15) is 0 Å². The Balaban J connectivity index is 2.36. The Morgan fingerprint density at radius 1 is 1.23 bits per heavy atom. The van der Waals surface area contributed by atoms with Gasteiger partial charge in [-0.05, 0) is 23.8 Å². The van der Waals surface area contributed by atoms with Gasteiger partial charge in [0, 0.05) is 10.0 Å². The van der Waals surface area contributed by atoms with Gasteiger partial charge in [0.2, 0.25) is 0 Å². The molecular formula is C11H9BrO. The molecule has 0 saturated heterocycles. The van der Waals surface area contributed by atoms with Crippen LogP contribution in [-0.2, 0) is 4.74 Å². The van der Waals surface area contributed by atoms with E-state index in [0.29, 0.717) is 6.61 Å². The van der Waals surface area contributed by atoms with Crippen LogP contribution >= 0.6 is 15.9 Å². The number of hydrogen-bond donors (Lipinski definition) is 0. The molecule has 0 N–H and O–H groups in total. The van der Waals surface area contributed by atoms with Gasteiger partial charge in [-0.3, -0.25) is 0 Å². The zero-order chi connectivity index (χ0) is 9.26. The molecule has 0 radical (unpaired) electrons. The molecule has 66 valence electrons. The Morgan fingerprint density at radius 3 is 2.46 bits per heavy atom. The zero-order valence-electron chi connectivity index (χ0n) is 7.09. The van der Waals surface area contributed by atoms with Crippen molar-refractivity contribution in [2.45, 2.75) is 0 Å². The van der Waals surface area contributed by atoms with Crippen LogP contribution in [0.15, 0.2) is 47.2 Å². The number of benzene rings is 1. The summed E-state index contributed by atoms with van der Waals surface area (Å²) in [7, 11) is 0. The maximum Gasteiger partial charge on any atom is 0.120 e. The summed E-state index contributed by atoms with van der Waals surface area (Å²) >= 11 is 3.40. The molecule has 0 fully saturated rings. The topological polar surface area (TPSA) is 9.23 Å². The first-order valence-corrected chi connectivity index (χ1v) is 4.85. The van der Waals surface area contributed by atoms with Crippen molar-refractivity contribution in [2.75, 3.05) is 6.61 Å². The number of hydrogen-bond acceptors (Lipinski definition) is 1. The molecular weight excluding hydrogens is 228 g/mol. The molecule has 2 rings (SSSR count). The lowest BCUT2D eigenvalue weighted by Gasteiger charge is -2.03. The minimum Gasteiger partial charge on any atom is -0.489 e. The van der Waals surface area contributed by atoms with E-state index in [-0.39, 0.29) is 0 Å². The van der Waals surface area contributed by atoms with Crippen LogP contribution in [0.4, 0.5) is 0 Å². The SMILES string of the molecule is C=C1OCC=C1c1ccc(Br)cc1. The van der Waals surface area contributed by atoms with Gasteiger partial charge in [-0.1, -0.05) is 34.6 Å². The largest absolute Gasteiger partial charge is 0.489 e. The first-order valence-electron chi connectivity index (χ1n) is 4.05. The molecule has 1 aromatic carbocycles. The fourth-order valence-electron chi connectivity index (χ4n) is 1.33. The Labute approximate surface area is 85.9 Å². The van der Waals surface area contributed by atoms with Crippen molar-refractivity contribution in [1.82, 2.24) is 0 Å². The van der Waals surface area contributed by atoms with Gasteiger partial charge in [-0.25, -0.2) is 0 Å². The predicted molar refractivity (Wildman–Crippen MR) is 57.2 cm³/mol. The van der Waals surface area contributed by atoms with Gasteiger partial charge >= 0.3 is 0 Å².